The molecule has 0 aliphatic rings. The van der Waals surface area contributed by atoms with Crippen molar-refractivity contribution in [3.63, 3.8) is 0 Å². The van der Waals surface area contributed by atoms with Crippen LogP contribution in [0.3, 0.4) is 0 Å². The summed E-state index contributed by atoms with van der Waals surface area (Å²) in [5.74, 6) is 0. The Labute approximate surface area is 123 Å². The summed E-state index contributed by atoms with van der Waals surface area (Å²) in [6.07, 6.45) is 0. The fraction of sp³-hybridized carbons (Fsp3) is 0.400. The summed E-state index contributed by atoms with van der Waals surface area (Å²) in [4.78, 5) is 6.37. The maximum Gasteiger partial charge on any atom is 0.134 e. The van der Waals surface area contributed by atoms with E-state index >= 15 is 0 Å². The molecule has 5 heteroatoms. The van der Waals surface area contributed by atoms with Crippen molar-refractivity contribution in [2.24, 2.45) is 0 Å². The first-order valence-electron chi connectivity index (χ1n) is 6.64. The normalized spacial score (nSPS) is 11.4. The number of nitrogens with zero attached hydrogens (tertiary/aromatic N) is 2. The van der Waals surface area contributed by atoms with Gasteiger partial charge < -0.3 is 10.2 Å². The highest BCUT2D eigenvalue weighted by atomic mass is 35.5. The van der Waals surface area contributed by atoms with Crippen LogP contribution in [0, 0.1) is 6.92 Å². The molecule has 0 bridgehead atoms. The second-order valence-corrected chi connectivity index (χ2v) is 5.22. The standard InChI is InChI=1S/C15H19ClN2O2/c1-11-2-3-12-9-13(15(16)17-14(12)8-11)10-18(4-6-19)5-7-20/h2-3,8-9,19-20H,4-7,10H2,1H3. The third-order valence-corrected chi connectivity index (χ3v) is 3.55. The molecule has 0 aliphatic heterocycles. The van der Waals surface area contributed by atoms with Crippen LogP contribution in [0.25, 0.3) is 10.9 Å². The second kappa shape index (κ2) is 6.99. The van der Waals surface area contributed by atoms with Gasteiger partial charge in [-0.2, -0.15) is 0 Å². The first-order chi connectivity index (χ1) is 9.63. The summed E-state index contributed by atoms with van der Waals surface area (Å²) in [5, 5.41) is 19.6. The van der Waals surface area contributed by atoms with Crippen molar-refractivity contribution in [1.29, 1.82) is 0 Å². The van der Waals surface area contributed by atoms with Crippen LogP contribution >= 0.6 is 11.6 Å². The smallest absolute Gasteiger partial charge is 0.134 e. The van der Waals surface area contributed by atoms with Crippen LogP contribution in [0.2, 0.25) is 5.15 Å². The fourth-order valence-electron chi connectivity index (χ4n) is 2.20. The van der Waals surface area contributed by atoms with Crippen LogP contribution in [0.1, 0.15) is 11.1 Å². The number of benzene rings is 1. The number of aryl methyl sites for hydroxylation is 1. The number of aliphatic hydroxyl groups is 2. The summed E-state index contributed by atoms with van der Waals surface area (Å²) in [7, 11) is 0. The molecule has 0 amide bonds. The molecule has 0 atom stereocenters. The first kappa shape index (κ1) is 15.2. The highest BCUT2D eigenvalue weighted by Gasteiger charge is 2.10. The summed E-state index contributed by atoms with van der Waals surface area (Å²) in [6.45, 7) is 3.70. The van der Waals surface area contributed by atoms with Gasteiger partial charge >= 0.3 is 0 Å². The largest absolute Gasteiger partial charge is 0.395 e. The molecule has 0 spiro atoms. The van der Waals surface area contributed by atoms with Gasteiger partial charge in [-0.15, -0.1) is 0 Å². The van der Waals surface area contributed by atoms with Crippen molar-refractivity contribution in [2.45, 2.75) is 13.5 Å². The Kier molecular flexibility index (Phi) is 5.31. The summed E-state index contributed by atoms with van der Waals surface area (Å²) in [5.41, 5.74) is 2.94. The number of hydrogen-bond acceptors (Lipinski definition) is 4. The molecule has 0 aliphatic carbocycles. The predicted octanol–water partition coefficient (Wildman–Crippen LogP) is 1.98. The van der Waals surface area contributed by atoms with Crippen LogP contribution < -0.4 is 0 Å². The number of halogens is 1. The van der Waals surface area contributed by atoms with Crippen molar-refractivity contribution in [3.8, 4) is 0 Å². The topological polar surface area (TPSA) is 56.6 Å². The van der Waals surface area contributed by atoms with Crippen molar-refractivity contribution in [3.05, 3.63) is 40.5 Å². The Hall–Kier alpha value is -1.20. The zero-order valence-electron chi connectivity index (χ0n) is 11.5. The van der Waals surface area contributed by atoms with E-state index in [-0.39, 0.29) is 13.2 Å². The van der Waals surface area contributed by atoms with E-state index in [4.69, 9.17) is 21.8 Å². The van der Waals surface area contributed by atoms with Gasteiger partial charge in [0.05, 0.1) is 18.7 Å². The number of hydrogen-bond donors (Lipinski definition) is 2. The van der Waals surface area contributed by atoms with Crippen LogP contribution in [-0.2, 0) is 6.54 Å². The minimum atomic E-state index is 0.0534. The third kappa shape index (κ3) is 3.67. The molecule has 2 aromatic rings. The van der Waals surface area contributed by atoms with E-state index in [1.54, 1.807) is 0 Å². The highest BCUT2D eigenvalue weighted by Crippen LogP contribution is 2.22. The van der Waals surface area contributed by atoms with E-state index in [0.29, 0.717) is 24.8 Å². The van der Waals surface area contributed by atoms with Gasteiger partial charge in [0.25, 0.3) is 0 Å². The molecule has 0 saturated heterocycles. The quantitative estimate of drug-likeness (QED) is 0.800. The van der Waals surface area contributed by atoms with Crippen LogP contribution in [0.15, 0.2) is 24.3 Å². The van der Waals surface area contributed by atoms with Crippen molar-refractivity contribution in [1.82, 2.24) is 9.88 Å². The molecule has 1 heterocycles. The lowest BCUT2D eigenvalue weighted by Crippen LogP contribution is -2.29. The number of aromatic nitrogens is 1. The first-order valence-corrected chi connectivity index (χ1v) is 7.01. The Morgan fingerprint density at radius 1 is 1.15 bits per heavy atom. The molecular weight excluding hydrogens is 276 g/mol. The van der Waals surface area contributed by atoms with Gasteiger partial charge in [-0.3, -0.25) is 4.90 Å². The average Bonchev–Trinajstić information content (AvgIpc) is 2.40. The van der Waals surface area contributed by atoms with E-state index in [9.17, 15) is 0 Å². The van der Waals surface area contributed by atoms with Crippen LogP contribution in [0.4, 0.5) is 0 Å². The molecule has 4 nitrogen and oxygen atoms in total. The van der Waals surface area contributed by atoms with Crippen LogP contribution in [-0.4, -0.2) is 46.4 Å². The summed E-state index contributed by atoms with van der Waals surface area (Å²) in [6, 6.07) is 8.09. The molecule has 0 saturated carbocycles. The fourth-order valence-corrected chi connectivity index (χ4v) is 2.41. The van der Waals surface area contributed by atoms with Gasteiger partial charge in [0.15, 0.2) is 0 Å². The molecule has 1 aromatic heterocycles. The lowest BCUT2D eigenvalue weighted by atomic mass is 10.1. The minimum Gasteiger partial charge on any atom is -0.395 e. The SMILES string of the molecule is Cc1ccc2cc(CN(CCO)CCO)c(Cl)nc2c1. The zero-order chi connectivity index (χ0) is 14.5. The van der Waals surface area contributed by atoms with E-state index in [0.717, 1.165) is 22.0 Å². The number of pyridine rings is 1. The number of rotatable bonds is 6. The second-order valence-electron chi connectivity index (χ2n) is 4.86. The Balaban J connectivity index is 2.29. The third-order valence-electron chi connectivity index (χ3n) is 3.23. The van der Waals surface area contributed by atoms with Gasteiger partial charge in [0, 0.05) is 30.6 Å². The van der Waals surface area contributed by atoms with Gasteiger partial charge in [0.1, 0.15) is 5.15 Å². The van der Waals surface area contributed by atoms with Gasteiger partial charge in [0.2, 0.25) is 0 Å². The van der Waals surface area contributed by atoms with E-state index in [1.807, 2.05) is 36.1 Å². The molecule has 1 aromatic carbocycles. The van der Waals surface area contributed by atoms with Gasteiger partial charge in [-0.1, -0.05) is 23.7 Å². The highest BCUT2D eigenvalue weighted by molar-refractivity contribution is 6.30. The Morgan fingerprint density at radius 3 is 2.50 bits per heavy atom. The van der Waals surface area contributed by atoms with Crippen molar-refractivity contribution < 1.29 is 10.2 Å². The number of aliphatic hydroxyl groups excluding tert-OH is 2. The molecule has 0 radical (unpaired) electrons. The Morgan fingerprint density at radius 2 is 1.85 bits per heavy atom. The molecular formula is C15H19ClN2O2. The summed E-state index contributed by atoms with van der Waals surface area (Å²) < 4.78 is 0. The minimum absolute atomic E-state index is 0.0534. The predicted molar refractivity (Wildman–Crippen MR) is 80.9 cm³/mol. The lowest BCUT2D eigenvalue weighted by Gasteiger charge is -2.20. The molecule has 0 unspecified atom stereocenters. The molecule has 2 rings (SSSR count). The monoisotopic (exact) mass is 294 g/mol. The molecule has 20 heavy (non-hydrogen) atoms. The van der Waals surface area contributed by atoms with Gasteiger partial charge in [-0.05, 0) is 24.6 Å². The maximum absolute atomic E-state index is 9.04. The number of fused-ring (bicyclic) bond motifs is 1. The van der Waals surface area contributed by atoms with E-state index in [1.165, 1.54) is 0 Å². The van der Waals surface area contributed by atoms with Crippen molar-refractivity contribution >= 4 is 22.5 Å². The zero-order valence-corrected chi connectivity index (χ0v) is 12.3. The van der Waals surface area contributed by atoms with Crippen molar-refractivity contribution in [2.75, 3.05) is 26.3 Å². The maximum atomic E-state index is 9.04. The Bertz CT molecular complexity index is 583. The summed E-state index contributed by atoms with van der Waals surface area (Å²) >= 11 is 6.24. The molecule has 2 N–H and O–H groups in total. The lowest BCUT2D eigenvalue weighted by molar-refractivity contribution is 0.156. The molecule has 108 valence electrons. The van der Waals surface area contributed by atoms with E-state index < -0.39 is 0 Å². The van der Waals surface area contributed by atoms with Crippen LogP contribution in [0.5, 0.6) is 0 Å². The van der Waals surface area contributed by atoms with Gasteiger partial charge in [-0.25, -0.2) is 4.98 Å². The molecule has 0 fully saturated rings. The average molecular weight is 295 g/mol. The van der Waals surface area contributed by atoms with E-state index in [2.05, 4.69) is 4.98 Å².